The van der Waals surface area contributed by atoms with Gasteiger partial charge in [-0.05, 0) is 31.6 Å². The zero-order valence-corrected chi connectivity index (χ0v) is 11.6. The Labute approximate surface area is 109 Å². The van der Waals surface area contributed by atoms with Crippen molar-refractivity contribution in [2.45, 2.75) is 52.1 Å². The first-order valence-corrected chi connectivity index (χ1v) is 6.93. The lowest BCUT2D eigenvalue weighted by Gasteiger charge is -2.26. The summed E-state index contributed by atoms with van der Waals surface area (Å²) in [5.41, 5.74) is 0. The third-order valence-electron chi connectivity index (χ3n) is 3.57. The summed E-state index contributed by atoms with van der Waals surface area (Å²) in [6, 6.07) is 1.89. The van der Waals surface area contributed by atoms with Crippen molar-refractivity contribution in [2.75, 3.05) is 12.4 Å². The second-order valence-corrected chi connectivity index (χ2v) is 5.11. The van der Waals surface area contributed by atoms with Crippen LogP contribution in [0, 0.1) is 5.92 Å². The van der Waals surface area contributed by atoms with Gasteiger partial charge in [0.25, 0.3) is 0 Å². The Kier molecular flexibility index (Phi) is 4.39. The smallest absolute Gasteiger partial charge is 0.218 e. The second-order valence-electron chi connectivity index (χ2n) is 5.11. The topological polar surface area (TPSA) is 47.0 Å². The molecule has 0 aromatic carbocycles. The number of anilines is 1. The Morgan fingerprint density at radius 3 is 2.61 bits per heavy atom. The lowest BCUT2D eigenvalue weighted by Crippen LogP contribution is -2.23. The van der Waals surface area contributed by atoms with Crippen molar-refractivity contribution in [2.24, 2.45) is 5.92 Å². The fraction of sp³-hybridized carbons (Fsp3) is 0.714. The van der Waals surface area contributed by atoms with Crippen LogP contribution in [0.2, 0.25) is 0 Å². The summed E-state index contributed by atoms with van der Waals surface area (Å²) < 4.78 is 6.00. The van der Waals surface area contributed by atoms with E-state index >= 15 is 0 Å². The Balaban J connectivity index is 2.03. The van der Waals surface area contributed by atoms with Crippen LogP contribution in [0.25, 0.3) is 0 Å². The maximum absolute atomic E-state index is 6.00. The Bertz CT molecular complexity index is 364. The number of aryl methyl sites for hydroxylation is 1. The number of rotatable bonds is 4. The van der Waals surface area contributed by atoms with Crippen molar-refractivity contribution >= 4 is 5.82 Å². The van der Waals surface area contributed by atoms with Crippen LogP contribution in [0.5, 0.6) is 5.88 Å². The van der Waals surface area contributed by atoms with Gasteiger partial charge in [-0.25, -0.2) is 4.98 Å². The number of hydrogen-bond acceptors (Lipinski definition) is 4. The molecule has 4 nitrogen and oxygen atoms in total. The molecule has 1 heterocycles. The van der Waals surface area contributed by atoms with Crippen LogP contribution >= 0.6 is 0 Å². The lowest BCUT2D eigenvalue weighted by atomic mass is 9.89. The molecule has 1 aliphatic rings. The molecule has 1 aliphatic carbocycles. The van der Waals surface area contributed by atoms with E-state index in [9.17, 15) is 0 Å². The molecule has 0 spiro atoms. The quantitative estimate of drug-likeness (QED) is 0.891. The van der Waals surface area contributed by atoms with Gasteiger partial charge in [0, 0.05) is 19.5 Å². The molecule has 4 heteroatoms. The number of ether oxygens (including phenoxy) is 1. The molecule has 1 N–H and O–H groups in total. The van der Waals surface area contributed by atoms with Crippen molar-refractivity contribution in [3.05, 3.63) is 11.9 Å². The summed E-state index contributed by atoms with van der Waals surface area (Å²) in [4.78, 5) is 8.81. The highest BCUT2D eigenvalue weighted by Crippen LogP contribution is 2.27. The number of hydrogen-bond donors (Lipinski definition) is 1. The molecule has 1 aromatic rings. The van der Waals surface area contributed by atoms with E-state index in [1.165, 1.54) is 12.8 Å². The molecular formula is C14H23N3O. The van der Waals surface area contributed by atoms with E-state index in [-0.39, 0.29) is 0 Å². The molecule has 100 valence electrons. The summed E-state index contributed by atoms with van der Waals surface area (Å²) in [6.45, 7) is 4.37. The predicted molar refractivity (Wildman–Crippen MR) is 73.0 cm³/mol. The van der Waals surface area contributed by atoms with Gasteiger partial charge in [-0.2, -0.15) is 4.98 Å². The Hall–Kier alpha value is -1.32. The molecule has 0 radical (unpaired) electrons. The molecule has 0 bridgehead atoms. The van der Waals surface area contributed by atoms with Gasteiger partial charge >= 0.3 is 0 Å². The van der Waals surface area contributed by atoms with Crippen LogP contribution in [-0.4, -0.2) is 23.1 Å². The molecule has 0 atom stereocenters. The van der Waals surface area contributed by atoms with Gasteiger partial charge < -0.3 is 10.1 Å². The first kappa shape index (κ1) is 13.1. The molecule has 2 rings (SSSR count). The van der Waals surface area contributed by atoms with E-state index < -0.39 is 0 Å². The minimum atomic E-state index is 0.325. The normalized spacial score (nSPS) is 23.7. The first-order chi connectivity index (χ1) is 8.71. The zero-order chi connectivity index (χ0) is 13.0. The maximum Gasteiger partial charge on any atom is 0.218 e. The number of aromatic nitrogens is 2. The molecule has 1 saturated carbocycles. The monoisotopic (exact) mass is 249 g/mol. The average Bonchev–Trinajstić information content (AvgIpc) is 2.41. The van der Waals surface area contributed by atoms with Crippen molar-refractivity contribution < 1.29 is 4.74 Å². The van der Waals surface area contributed by atoms with Gasteiger partial charge in [0.15, 0.2) is 0 Å². The SMILES string of the molecule is CCc1nc(NC)cc(OC2CCC(C)CC2)n1. The first-order valence-electron chi connectivity index (χ1n) is 6.93. The van der Waals surface area contributed by atoms with E-state index in [1.54, 1.807) is 0 Å². The molecule has 1 aromatic heterocycles. The van der Waals surface area contributed by atoms with Crippen LogP contribution < -0.4 is 10.1 Å². The van der Waals surface area contributed by atoms with Crippen LogP contribution in [0.15, 0.2) is 6.07 Å². The van der Waals surface area contributed by atoms with Gasteiger partial charge in [-0.1, -0.05) is 13.8 Å². The largest absolute Gasteiger partial charge is 0.474 e. The van der Waals surface area contributed by atoms with Crippen LogP contribution in [0.3, 0.4) is 0 Å². The Morgan fingerprint density at radius 2 is 2.00 bits per heavy atom. The maximum atomic E-state index is 6.00. The van der Waals surface area contributed by atoms with Gasteiger partial charge in [0.2, 0.25) is 5.88 Å². The fourth-order valence-electron chi connectivity index (χ4n) is 2.34. The second kappa shape index (κ2) is 6.03. The van der Waals surface area contributed by atoms with Crippen LogP contribution in [0.4, 0.5) is 5.82 Å². The number of nitrogens with one attached hydrogen (secondary N) is 1. The molecule has 0 saturated heterocycles. The highest BCUT2D eigenvalue weighted by atomic mass is 16.5. The van der Waals surface area contributed by atoms with Gasteiger partial charge in [-0.3, -0.25) is 0 Å². The van der Waals surface area contributed by atoms with E-state index in [2.05, 4.69) is 29.1 Å². The van der Waals surface area contributed by atoms with Crippen LogP contribution in [0.1, 0.15) is 45.4 Å². The summed E-state index contributed by atoms with van der Waals surface area (Å²) >= 11 is 0. The summed E-state index contributed by atoms with van der Waals surface area (Å²) in [5.74, 6) is 3.22. The average molecular weight is 249 g/mol. The van der Waals surface area contributed by atoms with E-state index in [0.717, 1.165) is 36.8 Å². The van der Waals surface area contributed by atoms with Crippen molar-refractivity contribution in [3.8, 4) is 5.88 Å². The van der Waals surface area contributed by atoms with Gasteiger partial charge in [-0.15, -0.1) is 0 Å². The highest BCUT2D eigenvalue weighted by molar-refractivity contribution is 5.37. The highest BCUT2D eigenvalue weighted by Gasteiger charge is 2.20. The van der Waals surface area contributed by atoms with Gasteiger partial charge in [0.05, 0.1) is 0 Å². The van der Waals surface area contributed by atoms with E-state index in [4.69, 9.17) is 4.74 Å². The molecular weight excluding hydrogens is 226 g/mol. The Morgan fingerprint density at radius 1 is 1.28 bits per heavy atom. The standard InChI is InChI=1S/C14H23N3O/c1-4-12-16-13(15-3)9-14(17-12)18-11-7-5-10(2)6-8-11/h9-11H,4-8H2,1-3H3,(H,15,16,17). The minimum Gasteiger partial charge on any atom is -0.474 e. The zero-order valence-electron chi connectivity index (χ0n) is 11.6. The van der Waals surface area contributed by atoms with Crippen molar-refractivity contribution in [3.63, 3.8) is 0 Å². The molecule has 0 amide bonds. The predicted octanol–water partition coefficient (Wildman–Crippen LogP) is 3.04. The molecule has 0 unspecified atom stereocenters. The van der Waals surface area contributed by atoms with E-state index in [0.29, 0.717) is 12.0 Å². The molecule has 18 heavy (non-hydrogen) atoms. The number of nitrogens with zero attached hydrogens (tertiary/aromatic N) is 2. The third kappa shape index (κ3) is 3.34. The van der Waals surface area contributed by atoms with Crippen LogP contribution in [-0.2, 0) is 6.42 Å². The third-order valence-corrected chi connectivity index (χ3v) is 3.57. The van der Waals surface area contributed by atoms with Crippen molar-refractivity contribution in [1.29, 1.82) is 0 Å². The van der Waals surface area contributed by atoms with Crippen molar-refractivity contribution in [1.82, 2.24) is 9.97 Å². The summed E-state index contributed by atoms with van der Waals surface area (Å²) in [6.07, 6.45) is 5.95. The summed E-state index contributed by atoms with van der Waals surface area (Å²) in [5, 5.41) is 3.06. The van der Waals surface area contributed by atoms with E-state index in [1.807, 2.05) is 13.1 Å². The van der Waals surface area contributed by atoms with Gasteiger partial charge in [0.1, 0.15) is 17.7 Å². The fourth-order valence-corrected chi connectivity index (χ4v) is 2.34. The molecule has 1 fully saturated rings. The summed E-state index contributed by atoms with van der Waals surface area (Å²) in [7, 11) is 1.87. The minimum absolute atomic E-state index is 0.325. The molecule has 0 aliphatic heterocycles. The lowest BCUT2D eigenvalue weighted by molar-refractivity contribution is 0.129.